The topological polar surface area (TPSA) is 86.2 Å². The van der Waals surface area contributed by atoms with Crippen molar-refractivity contribution in [2.45, 2.75) is 25.7 Å². The highest BCUT2D eigenvalue weighted by atomic mass is 19.1. The Kier molecular flexibility index (Phi) is 5.58. The van der Waals surface area contributed by atoms with Gasteiger partial charge in [0, 0.05) is 18.4 Å². The molecule has 28 heavy (non-hydrogen) atoms. The summed E-state index contributed by atoms with van der Waals surface area (Å²) in [6.45, 7) is 1.46. The Bertz CT molecular complexity index is 998. The zero-order valence-corrected chi connectivity index (χ0v) is 14.9. The molecule has 0 aliphatic carbocycles. The van der Waals surface area contributed by atoms with E-state index < -0.39 is 22.5 Å². The van der Waals surface area contributed by atoms with Crippen LogP contribution in [0.4, 0.5) is 14.5 Å². The van der Waals surface area contributed by atoms with Crippen LogP contribution in [-0.4, -0.2) is 15.9 Å². The molecule has 2 aromatic carbocycles. The summed E-state index contributed by atoms with van der Waals surface area (Å²) in [5.41, 5.74) is 0.848. The minimum absolute atomic E-state index is 0.0197. The van der Waals surface area contributed by atoms with Crippen molar-refractivity contribution in [2.24, 2.45) is 0 Å². The van der Waals surface area contributed by atoms with E-state index in [-0.39, 0.29) is 35.8 Å². The molecular weight excluding hydrogens is 370 g/mol. The second-order valence-corrected chi connectivity index (χ2v) is 6.38. The van der Waals surface area contributed by atoms with Crippen molar-refractivity contribution in [2.75, 3.05) is 0 Å². The Labute approximate surface area is 158 Å². The maximum absolute atomic E-state index is 13.3. The third-order valence-corrected chi connectivity index (χ3v) is 4.45. The summed E-state index contributed by atoms with van der Waals surface area (Å²) in [6.07, 6.45) is 0.0177. The molecule has 0 N–H and O–H groups in total. The van der Waals surface area contributed by atoms with Crippen molar-refractivity contribution in [1.29, 1.82) is 0 Å². The summed E-state index contributed by atoms with van der Waals surface area (Å²) in [4.78, 5) is 23.4. The predicted molar refractivity (Wildman–Crippen MR) is 96.1 cm³/mol. The molecule has 0 spiro atoms. The van der Waals surface area contributed by atoms with Crippen molar-refractivity contribution in [3.8, 4) is 0 Å². The van der Waals surface area contributed by atoms with E-state index in [9.17, 15) is 23.7 Å². The highest BCUT2D eigenvalue weighted by Gasteiger charge is 2.28. The van der Waals surface area contributed by atoms with Crippen LogP contribution in [0.5, 0.6) is 0 Å². The number of aromatic nitrogens is 1. The third-order valence-electron chi connectivity index (χ3n) is 4.45. The molecule has 0 saturated heterocycles. The van der Waals surface area contributed by atoms with Gasteiger partial charge in [-0.1, -0.05) is 17.3 Å². The second-order valence-electron chi connectivity index (χ2n) is 6.38. The standard InChI is InChI=1S/C20H16F2N2O4/c1-12-20(24(26)27)19(28-23-12)11-15(13-2-6-16(21)7-3-13)10-18(25)14-4-8-17(22)9-5-14/h2-9,15H,10-11H2,1H3/t15-/m0/s1. The molecule has 0 aliphatic heterocycles. The number of carbonyl (C=O) groups is 1. The fraction of sp³-hybridized carbons (Fsp3) is 0.200. The molecule has 144 valence electrons. The number of rotatable bonds is 7. The zero-order chi connectivity index (χ0) is 20.3. The molecule has 0 unspecified atom stereocenters. The molecule has 6 nitrogen and oxygen atoms in total. The van der Waals surface area contributed by atoms with Crippen LogP contribution in [0.15, 0.2) is 53.1 Å². The van der Waals surface area contributed by atoms with Crippen LogP contribution in [0.2, 0.25) is 0 Å². The Morgan fingerprint density at radius 3 is 2.25 bits per heavy atom. The van der Waals surface area contributed by atoms with Gasteiger partial charge in [0.2, 0.25) is 5.76 Å². The monoisotopic (exact) mass is 386 g/mol. The molecule has 1 aromatic heterocycles. The van der Waals surface area contributed by atoms with Gasteiger partial charge in [-0.15, -0.1) is 0 Å². The van der Waals surface area contributed by atoms with Crippen LogP contribution in [0, 0.1) is 28.7 Å². The number of nitrogens with zero attached hydrogens (tertiary/aromatic N) is 2. The molecule has 0 saturated carbocycles. The fourth-order valence-electron chi connectivity index (χ4n) is 3.02. The first-order valence-corrected chi connectivity index (χ1v) is 8.49. The van der Waals surface area contributed by atoms with Crippen LogP contribution < -0.4 is 0 Å². The molecular formula is C20H16F2N2O4. The maximum atomic E-state index is 13.3. The second kappa shape index (κ2) is 8.08. The van der Waals surface area contributed by atoms with Gasteiger partial charge in [-0.25, -0.2) is 8.78 Å². The van der Waals surface area contributed by atoms with Crippen molar-refractivity contribution in [1.82, 2.24) is 5.16 Å². The molecule has 3 aromatic rings. The van der Waals surface area contributed by atoms with Crippen LogP contribution in [0.3, 0.4) is 0 Å². The largest absolute Gasteiger partial charge is 0.354 e. The molecule has 0 fully saturated rings. The Hall–Kier alpha value is -3.42. The van der Waals surface area contributed by atoms with Crippen LogP contribution >= 0.6 is 0 Å². The lowest BCUT2D eigenvalue weighted by Crippen LogP contribution is -2.11. The summed E-state index contributed by atoms with van der Waals surface area (Å²) >= 11 is 0. The lowest BCUT2D eigenvalue weighted by atomic mass is 9.88. The molecule has 8 heteroatoms. The number of benzene rings is 2. The molecule has 3 rings (SSSR count). The average molecular weight is 386 g/mol. The van der Waals surface area contributed by atoms with E-state index in [0.29, 0.717) is 11.1 Å². The van der Waals surface area contributed by atoms with E-state index in [1.54, 1.807) is 0 Å². The number of Topliss-reactive ketones (excluding diaryl/α,β-unsaturated/α-hetero) is 1. The normalized spacial score (nSPS) is 12.0. The van der Waals surface area contributed by atoms with Gasteiger partial charge in [0.15, 0.2) is 11.5 Å². The third kappa shape index (κ3) is 4.28. The van der Waals surface area contributed by atoms with Gasteiger partial charge in [0.25, 0.3) is 0 Å². The Morgan fingerprint density at radius 2 is 1.68 bits per heavy atom. The van der Waals surface area contributed by atoms with Crippen LogP contribution in [0.25, 0.3) is 0 Å². The van der Waals surface area contributed by atoms with E-state index in [4.69, 9.17) is 4.52 Å². The molecule has 0 radical (unpaired) electrons. The number of aryl methyl sites for hydroxylation is 1. The molecule has 1 heterocycles. The van der Waals surface area contributed by atoms with Gasteiger partial charge in [-0.3, -0.25) is 14.9 Å². The molecule has 1 atom stereocenters. The number of carbonyl (C=O) groups excluding carboxylic acids is 1. The van der Waals surface area contributed by atoms with E-state index in [2.05, 4.69) is 5.16 Å². The predicted octanol–water partition coefficient (Wildman–Crippen LogP) is 4.77. The smallest absolute Gasteiger partial charge is 0.334 e. The summed E-state index contributed by atoms with van der Waals surface area (Å²) in [5.74, 6) is -1.63. The molecule has 0 bridgehead atoms. The van der Waals surface area contributed by atoms with Crippen LogP contribution in [-0.2, 0) is 6.42 Å². The SMILES string of the molecule is Cc1noc(C[C@H](CC(=O)c2ccc(F)cc2)c2ccc(F)cc2)c1[N+](=O)[O-]. The van der Waals surface area contributed by atoms with Crippen LogP contribution in [0.1, 0.15) is 39.7 Å². The number of hydrogen-bond acceptors (Lipinski definition) is 5. The molecule has 0 amide bonds. The summed E-state index contributed by atoms with van der Waals surface area (Å²) in [7, 11) is 0. The van der Waals surface area contributed by atoms with Gasteiger partial charge in [0.05, 0.1) is 4.92 Å². The van der Waals surface area contributed by atoms with Crippen molar-refractivity contribution < 1.29 is 23.0 Å². The van der Waals surface area contributed by atoms with Crippen molar-refractivity contribution >= 4 is 11.5 Å². The van der Waals surface area contributed by atoms with Gasteiger partial charge in [-0.05, 0) is 54.8 Å². The minimum atomic E-state index is -0.579. The Morgan fingerprint density at radius 1 is 1.11 bits per heavy atom. The van der Waals surface area contributed by atoms with E-state index in [1.807, 2.05) is 0 Å². The highest BCUT2D eigenvalue weighted by molar-refractivity contribution is 5.96. The van der Waals surface area contributed by atoms with Crippen molar-refractivity contribution in [3.05, 3.63) is 92.9 Å². The fourth-order valence-corrected chi connectivity index (χ4v) is 3.02. The van der Waals surface area contributed by atoms with Crippen molar-refractivity contribution in [3.63, 3.8) is 0 Å². The minimum Gasteiger partial charge on any atom is -0.354 e. The number of ketones is 1. The van der Waals surface area contributed by atoms with E-state index >= 15 is 0 Å². The lowest BCUT2D eigenvalue weighted by molar-refractivity contribution is -0.386. The number of hydrogen-bond donors (Lipinski definition) is 0. The number of nitro groups is 1. The first kappa shape index (κ1) is 19.3. The highest BCUT2D eigenvalue weighted by Crippen LogP contribution is 2.32. The Balaban J connectivity index is 1.91. The first-order valence-electron chi connectivity index (χ1n) is 8.49. The summed E-state index contributed by atoms with van der Waals surface area (Å²) in [6, 6.07) is 10.7. The van der Waals surface area contributed by atoms with E-state index in [0.717, 1.165) is 0 Å². The van der Waals surface area contributed by atoms with E-state index in [1.165, 1.54) is 55.5 Å². The van der Waals surface area contributed by atoms with Gasteiger partial charge < -0.3 is 4.52 Å². The first-order chi connectivity index (χ1) is 13.3. The average Bonchev–Trinajstić information content (AvgIpc) is 3.02. The maximum Gasteiger partial charge on any atom is 0.334 e. The number of halogens is 2. The zero-order valence-electron chi connectivity index (χ0n) is 14.9. The summed E-state index contributed by atoms with van der Waals surface area (Å²) in [5, 5.41) is 14.9. The summed E-state index contributed by atoms with van der Waals surface area (Å²) < 4.78 is 31.5. The van der Waals surface area contributed by atoms with Gasteiger partial charge in [0.1, 0.15) is 11.6 Å². The molecule has 0 aliphatic rings. The van der Waals surface area contributed by atoms with Gasteiger partial charge in [-0.2, -0.15) is 0 Å². The lowest BCUT2D eigenvalue weighted by Gasteiger charge is -2.15. The van der Waals surface area contributed by atoms with Gasteiger partial charge >= 0.3 is 5.69 Å². The quantitative estimate of drug-likeness (QED) is 0.332.